The van der Waals surface area contributed by atoms with Crippen molar-refractivity contribution < 1.29 is 14.3 Å². The van der Waals surface area contributed by atoms with Crippen molar-refractivity contribution in [1.29, 1.82) is 0 Å². The van der Waals surface area contributed by atoms with Crippen LogP contribution in [-0.4, -0.2) is 28.2 Å². The van der Waals surface area contributed by atoms with Gasteiger partial charge < -0.3 is 14.8 Å². The average molecular weight is 414 g/mol. The van der Waals surface area contributed by atoms with E-state index in [1.807, 2.05) is 60.7 Å². The molecule has 1 amide bonds. The van der Waals surface area contributed by atoms with Gasteiger partial charge in [-0.2, -0.15) is 5.10 Å². The van der Waals surface area contributed by atoms with Gasteiger partial charge in [0.15, 0.2) is 5.82 Å². The Hall–Kier alpha value is -4.13. The van der Waals surface area contributed by atoms with Gasteiger partial charge in [-0.05, 0) is 48.0 Å². The van der Waals surface area contributed by atoms with Gasteiger partial charge in [-0.1, -0.05) is 36.4 Å². The third kappa shape index (κ3) is 5.27. The Morgan fingerprint density at radius 2 is 1.77 bits per heavy atom. The molecule has 2 N–H and O–H groups in total. The lowest BCUT2D eigenvalue weighted by molar-refractivity contribution is 0.0949. The zero-order chi connectivity index (χ0) is 21.5. The fraction of sp³-hybridized carbons (Fsp3) is 0.125. The zero-order valence-electron chi connectivity index (χ0n) is 17.0. The van der Waals surface area contributed by atoms with Crippen molar-refractivity contribution in [1.82, 2.24) is 20.5 Å². The Kier molecular flexibility index (Phi) is 6.23. The molecule has 0 bridgehead atoms. The molecular formula is C24H22N4O3. The van der Waals surface area contributed by atoms with Crippen LogP contribution in [0.4, 0.5) is 0 Å². The second kappa shape index (κ2) is 9.58. The number of carbonyl (C=O) groups excluding carboxylic acids is 1. The summed E-state index contributed by atoms with van der Waals surface area (Å²) in [6.07, 6.45) is 0. The van der Waals surface area contributed by atoms with Crippen LogP contribution in [0.15, 0.2) is 78.9 Å². The first kappa shape index (κ1) is 20.2. The van der Waals surface area contributed by atoms with Crippen LogP contribution in [0, 0.1) is 0 Å². The molecule has 0 aliphatic rings. The summed E-state index contributed by atoms with van der Waals surface area (Å²) in [5, 5.41) is 9.92. The molecule has 4 rings (SSSR count). The Labute approximate surface area is 180 Å². The molecule has 7 heteroatoms. The number of rotatable bonds is 8. The number of carbonyl (C=O) groups is 1. The number of H-pyrrole nitrogens is 1. The van der Waals surface area contributed by atoms with E-state index in [2.05, 4.69) is 20.5 Å². The van der Waals surface area contributed by atoms with E-state index in [0.717, 1.165) is 16.9 Å². The highest BCUT2D eigenvalue weighted by molar-refractivity contribution is 5.94. The molecule has 0 fully saturated rings. The minimum absolute atomic E-state index is 0.215. The molecule has 1 heterocycles. The third-order valence-electron chi connectivity index (χ3n) is 4.64. The molecule has 0 radical (unpaired) electrons. The molecule has 0 aliphatic carbocycles. The van der Waals surface area contributed by atoms with E-state index in [0.29, 0.717) is 29.6 Å². The van der Waals surface area contributed by atoms with Crippen LogP contribution in [0.2, 0.25) is 0 Å². The predicted molar refractivity (Wildman–Crippen MR) is 117 cm³/mol. The van der Waals surface area contributed by atoms with Crippen LogP contribution in [0.1, 0.15) is 21.7 Å². The maximum absolute atomic E-state index is 12.5. The number of methoxy groups -OCH3 is 1. The molecule has 0 aliphatic heterocycles. The second-order valence-corrected chi connectivity index (χ2v) is 6.82. The number of nitrogens with one attached hydrogen (secondary N) is 2. The van der Waals surface area contributed by atoms with Gasteiger partial charge in [0, 0.05) is 11.1 Å². The molecule has 0 saturated heterocycles. The van der Waals surface area contributed by atoms with Crippen molar-refractivity contribution in [2.45, 2.75) is 13.2 Å². The lowest BCUT2D eigenvalue weighted by Crippen LogP contribution is -2.23. The van der Waals surface area contributed by atoms with Gasteiger partial charge in [0.2, 0.25) is 0 Å². The first-order valence-corrected chi connectivity index (χ1v) is 9.82. The van der Waals surface area contributed by atoms with Crippen molar-refractivity contribution in [2.75, 3.05) is 7.11 Å². The van der Waals surface area contributed by atoms with Crippen LogP contribution in [0.3, 0.4) is 0 Å². The molecule has 1 aromatic heterocycles. The smallest absolute Gasteiger partial charge is 0.251 e. The van der Waals surface area contributed by atoms with Gasteiger partial charge in [-0.25, -0.2) is 4.98 Å². The quantitative estimate of drug-likeness (QED) is 0.455. The molecule has 156 valence electrons. The van der Waals surface area contributed by atoms with Crippen LogP contribution >= 0.6 is 0 Å². The van der Waals surface area contributed by atoms with Gasteiger partial charge in [-0.15, -0.1) is 0 Å². The largest absolute Gasteiger partial charge is 0.497 e. The SMILES string of the molecule is COc1ccc(-c2n[nH]c(CNC(=O)c3cccc(OCc4ccccc4)c3)n2)cc1. The lowest BCUT2D eigenvalue weighted by Gasteiger charge is -2.08. The molecule has 31 heavy (non-hydrogen) atoms. The van der Waals surface area contributed by atoms with Crippen molar-refractivity contribution in [3.05, 3.63) is 95.8 Å². The summed E-state index contributed by atoms with van der Waals surface area (Å²) in [4.78, 5) is 17.0. The monoisotopic (exact) mass is 414 g/mol. The number of amides is 1. The number of aromatic nitrogens is 3. The Balaban J connectivity index is 1.34. The summed E-state index contributed by atoms with van der Waals surface area (Å²) < 4.78 is 11.0. The summed E-state index contributed by atoms with van der Waals surface area (Å²) >= 11 is 0. The maximum atomic E-state index is 12.5. The highest BCUT2D eigenvalue weighted by Gasteiger charge is 2.10. The maximum Gasteiger partial charge on any atom is 0.251 e. The molecule has 0 unspecified atom stereocenters. The van der Waals surface area contributed by atoms with Crippen LogP contribution in [0.5, 0.6) is 11.5 Å². The minimum Gasteiger partial charge on any atom is -0.497 e. The van der Waals surface area contributed by atoms with E-state index in [9.17, 15) is 4.79 Å². The first-order valence-electron chi connectivity index (χ1n) is 9.82. The minimum atomic E-state index is -0.215. The van der Waals surface area contributed by atoms with Crippen molar-refractivity contribution in [3.8, 4) is 22.9 Å². The summed E-state index contributed by atoms with van der Waals surface area (Å²) in [6, 6.07) is 24.4. The first-order chi connectivity index (χ1) is 15.2. The standard InChI is InChI=1S/C24H22N4O3/c1-30-20-12-10-18(11-13-20)23-26-22(27-28-23)15-25-24(29)19-8-5-9-21(14-19)31-16-17-6-3-2-4-7-17/h2-14H,15-16H2,1H3,(H,25,29)(H,26,27,28). The number of aromatic amines is 1. The highest BCUT2D eigenvalue weighted by Crippen LogP contribution is 2.19. The normalized spacial score (nSPS) is 10.5. The Morgan fingerprint density at radius 1 is 0.968 bits per heavy atom. The molecule has 0 spiro atoms. The highest BCUT2D eigenvalue weighted by atomic mass is 16.5. The topological polar surface area (TPSA) is 89.1 Å². The fourth-order valence-corrected chi connectivity index (χ4v) is 2.98. The molecule has 0 saturated carbocycles. The Bertz CT molecular complexity index is 1140. The van der Waals surface area contributed by atoms with Crippen LogP contribution in [-0.2, 0) is 13.2 Å². The molecule has 7 nitrogen and oxygen atoms in total. The summed E-state index contributed by atoms with van der Waals surface area (Å²) in [7, 11) is 1.62. The Morgan fingerprint density at radius 3 is 2.55 bits per heavy atom. The zero-order valence-corrected chi connectivity index (χ0v) is 17.0. The van der Waals surface area contributed by atoms with Gasteiger partial charge in [0.1, 0.15) is 23.9 Å². The van der Waals surface area contributed by atoms with E-state index in [1.165, 1.54) is 0 Å². The average Bonchev–Trinajstić information content (AvgIpc) is 3.31. The van der Waals surface area contributed by atoms with E-state index in [-0.39, 0.29) is 12.5 Å². The van der Waals surface area contributed by atoms with E-state index < -0.39 is 0 Å². The van der Waals surface area contributed by atoms with Crippen molar-refractivity contribution in [3.63, 3.8) is 0 Å². The molecule has 4 aromatic rings. The molecule has 0 atom stereocenters. The number of nitrogens with zero attached hydrogens (tertiary/aromatic N) is 2. The predicted octanol–water partition coefficient (Wildman–Crippen LogP) is 3.99. The van der Waals surface area contributed by atoms with E-state index >= 15 is 0 Å². The van der Waals surface area contributed by atoms with E-state index in [1.54, 1.807) is 25.3 Å². The number of benzene rings is 3. The van der Waals surface area contributed by atoms with Crippen molar-refractivity contribution >= 4 is 5.91 Å². The van der Waals surface area contributed by atoms with Crippen LogP contribution in [0.25, 0.3) is 11.4 Å². The van der Waals surface area contributed by atoms with Gasteiger partial charge in [0.05, 0.1) is 13.7 Å². The number of hydrogen-bond acceptors (Lipinski definition) is 5. The summed E-state index contributed by atoms with van der Waals surface area (Å²) in [5.41, 5.74) is 2.44. The van der Waals surface area contributed by atoms with Gasteiger partial charge in [-0.3, -0.25) is 9.89 Å². The number of ether oxygens (including phenoxy) is 2. The molecular weight excluding hydrogens is 392 g/mol. The van der Waals surface area contributed by atoms with E-state index in [4.69, 9.17) is 9.47 Å². The van der Waals surface area contributed by atoms with Gasteiger partial charge >= 0.3 is 0 Å². The third-order valence-corrected chi connectivity index (χ3v) is 4.64. The van der Waals surface area contributed by atoms with Crippen molar-refractivity contribution in [2.24, 2.45) is 0 Å². The summed E-state index contributed by atoms with van der Waals surface area (Å²) in [6.45, 7) is 0.676. The summed E-state index contributed by atoms with van der Waals surface area (Å²) in [5.74, 6) is 2.31. The number of hydrogen-bond donors (Lipinski definition) is 2. The molecule has 3 aromatic carbocycles. The van der Waals surface area contributed by atoms with Gasteiger partial charge in [0.25, 0.3) is 5.91 Å². The second-order valence-electron chi connectivity index (χ2n) is 6.82. The lowest BCUT2D eigenvalue weighted by atomic mass is 10.2. The fourth-order valence-electron chi connectivity index (χ4n) is 2.98. The van der Waals surface area contributed by atoms with Crippen LogP contribution < -0.4 is 14.8 Å².